The number of rotatable bonds is 4. The summed E-state index contributed by atoms with van der Waals surface area (Å²) in [5.74, 6) is 0. The average Bonchev–Trinajstić information content (AvgIpc) is 3.71. The highest BCUT2D eigenvalue weighted by atomic mass is 32.1. The van der Waals surface area contributed by atoms with Crippen LogP contribution in [0.3, 0.4) is 0 Å². The van der Waals surface area contributed by atoms with E-state index >= 15 is 0 Å². The van der Waals surface area contributed by atoms with E-state index in [1.54, 1.807) is 22.7 Å². The Hall–Kier alpha value is -4.52. The lowest BCUT2D eigenvalue weighted by Gasteiger charge is -2.16. The molecule has 8 rings (SSSR count). The number of hydrogen-bond donors (Lipinski definition) is 0. The molecule has 4 nitrogen and oxygen atoms in total. The van der Waals surface area contributed by atoms with Gasteiger partial charge < -0.3 is 0 Å². The molecule has 0 aliphatic carbocycles. The highest BCUT2D eigenvalue weighted by Gasteiger charge is 2.16. The first-order valence-electron chi connectivity index (χ1n) is 12.3. The van der Waals surface area contributed by atoms with Crippen LogP contribution in [0.4, 0.5) is 0 Å². The lowest BCUT2D eigenvalue weighted by Crippen LogP contribution is -1.92. The monoisotopic (exact) mass is 522 g/mol. The molecule has 38 heavy (non-hydrogen) atoms. The maximum atomic E-state index is 5.02. The van der Waals surface area contributed by atoms with Crippen LogP contribution in [0.15, 0.2) is 108 Å². The van der Waals surface area contributed by atoms with Gasteiger partial charge in [0, 0.05) is 23.5 Å². The van der Waals surface area contributed by atoms with Crippen LogP contribution in [-0.2, 0) is 0 Å². The van der Waals surface area contributed by atoms with Crippen LogP contribution in [0.25, 0.3) is 76.0 Å². The van der Waals surface area contributed by atoms with E-state index in [0.717, 1.165) is 43.7 Å². The van der Waals surface area contributed by atoms with Gasteiger partial charge in [-0.25, -0.2) is 9.97 Å². The predicted molar refractivity (Wildman–Crippen MR) is 159 cm³/mol. The van der Waals surface area contributed by atoms with E-state index in [1.807, 2.05) is 35.5 Å². The molecule has 0 unspecified atom stereocenters. The lowest BCUT2D eigenvalue weighted by atomic mass is 9.88. The molecule has 4 heterocycles. The molecule has 0 spiro atoms. The summed E-state index contributed by atoms with van der Waals surface area (Å²) in [5.41, 5.74) is 9.79. The fourth-order valence-corrected chi connectivity index (χ4v) is 6.56. The van der Waals surface area contributed by atoms with E-state index in [-0.39, 0.29) is 0 Å². The van der Waals surface area contributed by atoms with E-state index < -0.39 is 0 Å². The first-order chi connectivity index (χ1) is 18.8. The normalized spacial score (nSPS) is 11.7. The van der Waals surface area contributed by atoms with Gasteiger partial charge in [0.15, 0.2) is 0 Å². The summed E-state index contributed by atoms with van der Waals surface area (Å²) in [6.07, 6.45) is 3.75. The highest BCUT2D eigenvalue weighted by molar-refractivity contribution is 7.13. The Balaban J connectivity index is 1.36. The van der Waals surface area contributed by atoms with Crippen LogP contribution in [0.2, 0.25) is 0 Å². The quantitative estimate of drug-likeness (QED) is 0.217. The van der Waals surface area contributed by atoms with E-state index in [1.165, 1.54) is 32.3 Å². The molecule has 0 fully saturated rings. The summed E-state index contributed by atoms with van der Waals surface area (Å²) < 4.78 is 0. The second kappa shape index (κ2) is 8.52. The highest BCUT2D eigenvalue weighted by Crippen LogP contribution is 2.42. The minimum atomic E-state index is 0.949. The second-order valence-electron chi connectivity index (χ2n) is 9.20. The van der Waals surface area contributed by atoms with Crippen molar-refractivity contribution in [2.24, 2.45) is 0 Å². The van der Waals surface area contributed by atoms with Crippen molar-refractivity contribution in [1.29, 1.82) is 0 Å². The third-order valence-corrected chi connectivity index (χ3v) is 8.68. The van der Waals surface area contributed by atoms with Gasteiger partial charge in [-0.3, -0.25) is 9.97 Å². The van der Waals surface area contributed by atoms with Gasteiger partial charge in [-0.2, -0.15) is 0 Å². The SMILES string of the molecule is c1cc(-c2cncs2)nc(-c2ccc3ccc4c(-c5cccc(-c6cncs6)n5)ccc5ccc2c3c54)c1. The third-order valence-electron chi connectivity index (χ3n) is 7.08. The van der Waals surface area contributed by atoms with E-state index in [0.29, 0.717) is 0 Å². The molecular weight excluding hydrogens is 505 g/mol. The molecule has 6 heteroatoms. The number of aromatic nitrogens is 4. The first kappa shape index (κ1) is 21.6. The molecule has 178 valence electrons. The molecule has 0 aliphatic heterocycles. The van der Waals surface area contributed by atoms with Gasteiger partial charge in [0.2, 0.25) is 0 Å². The summed E-state index contributed by atoms with van der Waals surface area (Å²) in [6.45, 7) is 0. The van der Waals surface area contributed by atoms with Crippen LogP contribution in [0.1, 0.15) is 0 Å². The smallest absolute Gasteiger partial charge is 0.0825 e. The van der Waals surface area contributed by atoms with E-state index in [9.17, 15) is 0 Å². The number of thiazole rings is 2. The Bertz CT molecular complexity index is 1930. The number of pyridine rings is 2. The zero-order chi connectivity index (χ0) is 25.1. The lowest BCUT2D eigenvalue weighted by molar-refractivity contribution is 1.33. The van der Waals surface area contributed by atoms with Crippen LogP contribution in [0, 0.1) is 0 Å². The van der Waals surface area contributed by atoms with Crippen LogP contribution >= 0.6 is 22.7 Å². The summed E-state index contributed by atoms with van der Waals surface area (Å²) in [7, 11) is 0. The molecule has 4 aromatic heterocycles. The summed E-state index contributed by atoms with van der Waals surface area (Å²) in [6, 6.07) is 30.2. The molecule has 0 N–H and O–H groups in total. The van der Waals surface area contributed by atoms with Gasteiger partial charge in [0.1, 0.15) is 0 Å². The predicted octanol–water partition coefficient (Wildman–Crippen LogP) is 8.95. The van der Waals surface area contributed by atoms with Crippen molar-refractivity contribution >= 4 is 55.0 Å². The maximum absolute atomic E-state index is 5.02. The topological polar surface area (TPSA) is 51.6 Å². The fourth-order valence-electron chi connectivity index (χ4n) is 5.38. The Morgan fingerprint density at radius 2 is 0.895 bits per heavy atom. The summed E-state index contributed by atoms with van der Waals surface area (Å²) >= 11 is 3.21. The van der Waals surface area contributed by atoms with Crippen molar-refractivity contribution in [1.82, 2.24) is 19.9 Å². The Morgan fingerprint density at radius 3 is 1.34 bits per heavy atom. The molecule has 0 saturated carbocycles. The number of hydrogen-bond acceptors (Lipinski definition) is 6. The molecule has 0 saturated heterocycles. The molecule has 4 aromatic carbocycles. The van der Waals surface area contributed by atoms with Gasteiger partial charge >= 0.3 is 0 Å². The van der Waals surface area contributed by atoms with Gasteiger partial charge in [-0.05, 0) is 56.6 Å². The Morgan fingerprint density at radius 1 is 0.447 bits per heavy atom. The van der Waals surface area contributed by atoms with E-state index in [4.69, 9.17) is 9.97 Å². The van der Waals surface area contributed by atoms with Gasteiger partial charge in [0.05, 0.1) is 43.6 Å². The molecule has 8 aromatic rings. The van der Waals surface area contributed by atoms with Crippen molar-refractivity contribution in [3.8, 4) is 43.7 Å². The zero-order valence-electron chi connectivity index (χ0n) is 20.0. The summed E-state index contributed by atoms with van der Waals surface area (Å²) in [4.78, 5) is 20.7. The Labute approximate surface area is 226 Å². The van der Waals surface area contributed by atoms with Crippen LogP contribution in [0.5, 0.6) is 0 Å². The van der Waals surface area contributed by atoms with Gasteiger partial charge in [0.25, 0.3) is 0 Å². The summed E-state index contributed by atoms with van der Waals surface area (Å²) in [5, 5.41) is 7.40. The largest absolute Gasteiger partial charge is 0.252 e. The van der Waals surface area contributed by atoms with Crippen molar-refractivity contribution in [2.75, 3.05) is 0 Å². The van der Waals surface area contributed by atoms with Gasteiger partial charge in [-0.15, -0.1) is 22.7 Å². The van der Waals surface area contributed by atoms with Crippen molar-refractivity contribution in [2.45, 2.75) is 0 Å². The molecule has 0 bridgehead atoms. The zero-order valence-corrected chi connectivity index (χ0v) is 21.6. The molecule has 0 aliphatic rings. The van der Waals surface area contributed by atoms with Gasteiger partial charge in [-0.1, -0.05) is 60.7 Å². The Kier molecular flexibility index (Phi) is 4.83. The molecule has 0 atom stereocenters. The molecule has 0 amide bonds. The second-order valence-corrected chi connectivity index (χ2v) is 11.0. The fraction of sp³-hybridized carbons (Fsp3) is 0. The first-order valence-corrected chi connectivity index (χ1v) is 14.0. The molecule has 0 radical (unpaired) electrons. The maximum Gasteiger partial charge on any atom is 0.0825 e. The third kappa shape index (κ3) is 3.35. The van der Waals surface area contributed by atoms with Crippen molar-refractivity contribution < 1.29 is 0 Å². The van der Waals surface area contributed by atoms with Crippen LogP contribution < -0.4 is 0 Å². The standard InChI is InChI=1S/C32H18N4S2/c1-3-25(35-27(5-1)29-15-33-17-37-29)21-11-7-19-10-14-24-22(12-8-20-9-13-23(21)31(19)32(20)24)26-4-2-6-28(36-26)30-16-34-18-38-30/h1-18H. The minimum absolute atomic E-state index is 0.949. The van der Waals surface area contributed by atoms with Crippen molar-refractivity contribution in [3.63, 3.8) is 0 Å². The average molecular weight is 523 g/mol. The number of benzene rings is 4. The minimum Gasteiger partial charge on any atom is -0.252 e. The van der Waals surface area contributed by atoms with E-state index in [2.05, 4.69) is 82.8 Å². The van der Waals surface area contributed by atoms with Crippen molar-refractivity contribution in [3.05, 3.63) is 108 Å². The molecular formula is C32H18N4S2. The number of nitrogens with zero attached hydrogens (tertiary/aromatic N) is 4. The van der Waals surface area contributed by atoms with Crippen LogP contribution in [-0.4, -0.2) is 19.9 Å².